The van der Waals surface area contributed by atoms with E-state index in [9.17, 15) is 4.79 Å². The van der Waals surface area contributed by atoms with Crippen molar-refractivity contribution in [3.05, 3.63) is 5.01 Å². The number of nitrogens with one attached hydrogen (secondary N) is 1. The summed E-state index contributed by atoms with van der Waals surface area (Å²) in [6.45, 7) is 4.57. The molecule has 3 saturated heterocycles. The average Bonchev–Trinajstić information content (AvgIpc) is 3.46. The third kappa shape index (κ3) is 3.84. The normalized spacial score (nSPS) is 30.1. The van der Waals surface area contributed by atoms with E-state index in [1.54, 1.807) is 0 Å². The second kappa shape index (κ2) is 7.64. The van der Waals surface area contributed by atoms with Gasteiger partial charge in [-0.25, -0.2) is 4.79 Å². The van der Waals surface area contributed by atoms with Gasteiger partial charge in [0.15, 0.2) is 0 Å². The van der Waals surface area contributed by atoms with Crippen LogP contribution in [-0.4, -0.2) is 71.0 Å². The molecule has 4 aliphatic rings. The molecule has 27 heavy (non-hydrogen) atoms. The van der Waals surface area contributed by atoms with E-state index in [0.29, 0.717) is 23.0 Å². The monoisotopic (exact) mass is 391 g/mol. The molecule has 4 heterocycles. The van der Waals surface area contributed by atoms with Crippen LogP contribution >= 0.6 is 11.3 Å². The molecule has 5 rings (SSSR count). The fraction of sp³-hybridized carbons (Fsp3) is 0.842. The summed E-state index contributed by atoms with van der Waals surface area (Å²) >= 11 is 1.52. The van der Waals surface area contributed by atoms with E-state index in [2.05, 4.69) is 20.4 Å². The number of hydrogen-bond acceptors (Lipinski definition) is 6. The first-order valence-corrected chi connectivity index (χ1v) is 11.3. The van der Waals surface area contributed by atoms with Gasteiger partial charge in [0.2, 0.25) is 5.13 Å². The molecular weight excluding hydrogens is 362 g/mol. The lowest BCUT2D eigenvalue weighted by Gasteiger charge is -2.47. The summed E-state index contributed by atoms with van der Waals surface area (Å²) in [6.07, 6.45) is 8.38. The van der Waals surface area contributed by atoms with E-state index in [0.717, 1.165) is 56.6 Å². The minimum Gasteiger partial charge on any atom is -0.381 e. The lowest BCUT2D eigenvalue weighted by molar-refractivity contribution is 0.0315. The summed E-state index contributed by atoms with van der Waals surface area (Å²) in [5.41, 5.74) is 0. The molecule has 1 N–H and O–H groups in total. The van der Waals surface area contributed by atoms with Crippen LogP contribution in [0.5, 0.6) is 0 Å². The molecule has 3 aliphatic heterocycles. The van der Waals surface area contributed by atoms with Crippen LogP contribution in [0.25, 0.3) is 0 Å². The lowest BCUT2D eigenvalue weighted by Crippen LogP contribution is -2.56. The van der Waals surface area contributed by atoms with Gasteiger partial charge in [0, 0.05) is 44.3 Å². The van der Waals surface area contributed by atoms with Gasteiger partial charge in [-0.3, -0.25) is 10.2 Å². The van der Waals surface area contributed by atoms with Crippen molar-refractivity contribution in [1.29, 1.82) is 0 Å². The van der Waals surface area contributed by atoms with E-state index in [-0.39, 0.29) is 6.03 Å². The van der Waals surface area contributed by atoms with Gasteiger partial charge in [-0.2, -0.15) is 0 Å². The summed E-state index contributed by atoms with van der Waals surface area (Å²) in [6, 6.07) is 1.52. The topological polar surface area (TPSA) is 70.6 Å². The third-order valence-corrected chi connectivity index (χ3v) is 7.64. The fourth-order valence-corrected chi connectivity index (χ4v) is 5.95. The standard InChI is InChI=1S/C19H29N5O2S/c25-19(20-18-22-21-17(27-18)13-6-10-26-11-7-13)23-9-5-16-14(12-23)2-1-8-24(16)15-3-4-15/h13-16H,1-12H2,(H,20,22,25). The largest absolute Gasteiger partial charge is 0.381 e. The molecule has 0 radical (unpaired) electrons. The Hall–Kier alpha value is -1.25. The highest BCUT2D eigenvalue weighted by molar-refractivity contribution is 7.15. The van der Waals surface area contributed by atoms with Gasteiger partial charge in [0.1, 0.15) is 5.01 Å². The second-order valence-electron chi connectivity index (χ2n) is 8.44. The van der Waals surface area contributed by atoms with Crippen LogP contribution in [-0.2, 0) is 4.74 Å². The smallest absolute Gasteiger partial charge is 0.323 e. The second-order valence-corrected chi connectivity index (χ2v) is 9.44. The van der Waals surface area contributed by atoms with Gasteiger partial charge in [-0.1, -0.05) is 11.3 Å². The van der Waals surface area contributed by atoms with E-state index in [4.69, 9.17) is 4.74 Å². The number of likely N-dealkylation sites (tertiary alicyclic amines) is 2. The number of urea groups is 1. The van der Waals surface area contributed by atoms with Crippen LogP contribution in [0.3, 0.4) is 0 Å². The number of aromatic nitrogens is 2. The van der Waals surface area contributed by atoms with Gasteiger partial charge >= 0.3 is 6.03 Å². The number of nitrogens with zero attached hydrogens (tertiary/aromatic N) is 4. The Bertz CT molecular complexity index is 673. The first-order valence-electron chi connectivity index (χ1n) is 10.5. The quantitative estimate of drug-likeness (QED) is 0.858. The Morgan fingerprint density at radius 2 is 1.93 bits per heavy atom. The first-order chi connectivity index (χ1) is 13.3. The maximum atomic E-state index is 12.8. The molecule has 0 bridgehead atoms. The van der Waals surface area contributed by atoms with Gasteiger partial charge in [0.05, 0.1) is 0 Å². The summed E-state index contributed by atoms with van der Waals surface area (Å²) in [4.78, 5) is 17.5. The molecule has 1 saturated carbocycles. The lowest BCUT2D eigenvalue weighted by atomic mass is 9.84. The Labute approximate surface area is 164 Å². The maximum absolute atomic E-state index is 12.8. The molecule has 2 unspecified atom stereocenters. The molecule has 0 spiro atoms. The van der Waals surface area contributed by atoms with Crippen LogP contribution in [0, 0.1) is 5.92 Å². The molecule has 2 amide bonds. The number of fused-ring (bicyclic) bond motifs is 1. The Balaban J connectivity index is 1.18. The average molecular weight is 392 g/mol. The van der Waals surface area contributed by atoms with Crippen molar-refractivity contribution >= 4 is 22.5 Å². The highest BCUT2D eigenvalue weighted by Gasteiger charge is 2.42. The van der Waals surface area contributed by atoms with E-state index in [1.165, 1.54) is 43.6 Å². The number of hydrogen-bond donors (Lipinski definition) is 1. The number of ether oxygens (including phenoxy) is 1. The van der Waals surface area contributed by atoms with Crippen LogP contribution in [0.2, 0.25) is 0 Å². The minimum atomic E-state index is -0.00771. The molecule has 148 valence electrons. The van der Waals surface area contributed by atoms with Gasteiger partial charge in [0.25, 0.3) is 0 Å². The van der Waals surface area contributed by atoms with Crippen molar-refractivity contribution in [3.8, 4) is 0 Å². The molecule has 7 nitrogen and oxygen atoms in total. The molecule has 1 aromatic heterocycles. The number of rotatable bonds is 3. The Kier molecular flexibility index (Phi) is 5.04. The summed E-state index contributed by atoms with van der Waals surface area (Å²) in [5, 5.41) is 13.2. The highest BCUT2D eigenvalue weighted by atomic mass is 32.1. The third-order valence-electron chi connectivity index (χ3n) is 6.64. The summed E-state index contributed by atoms with van der Waals surface area (Å²) in [5.74, 6) is 1.05. The van der Waals surface area contributed by atoms with E-state index >= 15 is 0 Å². The molecule has 8 heteroatoms. The predicted octanol–water partition coefficient (Wildman–Crippen LogP) is 2.91. The van der Waals surface area contributed by atoms with Crippen LogP contribution < -0.4 is 5.32 Å². The summed E-state index contributed by atoms with van der Waals surface area (Å²) in [7, 11) is 0. The van der Waals surface area contributed by atoms with Crippen molar-refractivity contribution in [3.63, 3.8) is 0 Å². The summed E-state index contributed by atoms with van der Waals surface area (Å²) < 4.78 is 5.42. The zero-order valence-corrected chi connectivity index (χ0v) is 16.6. The molecule has 4 fully saturated rings. The number of amides is 2. The molecule has 2 atom stereocenters. The van der Waals surface area contributed by atoms with Crippen molar-refractivity contribution in [2.45, 2.75) is 62.9 Å². The SMILES string of the molecule is O=C(Nc1nnc(C2CCOCC2)s1)N1CCC2C(CCCN2C2CC2)C1. The highest BCUT2D eigenvalue weighted by Crippen LogP contribution is 2.38. The zero-order valence-electron chi connectivity index (χ0n) is 15.8. The van der Waals surface area contributed by atoms with Crippen molar-refractivity contribution < 1.29 is 9.53 Å². The van der Waals surface area contributed by atoms with Crippen molar-refractivity contribution in [1.82, 2.24) is 20.0 Å². The minimum absolute atomic E-state index is 0.00771. The molecule has 1 aromatic rings. The van der Waals surface area contributed by atoms with Crippen LogP contribution in [0.1, 0.15) is 55.9 Å². The van der Waals surface area contributed by atoms with Crippen molar-refractivity contribution in [2.75, 3.05) is 38.2 Å². The van der Waals surface area contributed by atoms with Crippen molar-refractivity contribution in [2.24, 2.45) is 5.92 Å². The van der Waals surface area contributed by atoms with Gasteiger partial charge < -0.3 is 9.64 Å². The molecule has 0 aromatic carbocycles. The number of carbonyl (C=O) groups is 1. The Morgan fingerprint density at radius 3 is 2.74 bits per heavy atom. The maximum Gasteiger partial charge on any atom is 0.323 e. The van der Waals surface area contributed by atoms with Crippen LogP contribution in [0.15, 0.2) is 0 Å². The number of piperidine rings is 2. The zero-order chi connectivity index (χ0) is 18.2. The number of anilines is 1. The first kappa shape index (κ1) is 17.8. The van der Waals surface area contributed by atoms with Crippen LogP contribution in [0.4, 0.5) is 9.93 Å². The molecule has 1 aliphatic carbocycles. The van der Waals surface area contributed by atoms with Gasteiger partial charge in [-0.05, 0) is 57.4 Å². The Morgan fingerprint density at radius 1 is 1.07 bits per heavy atom. The van der Waals surface area contributed by atoms with Gasteiger partial charge in [-0.15, -0.1) is 10.2 Å². The fourth-order valence-electron chi connectivity index (χ4n) is 5.05. The predicted molar refractivity (Wildman–Crippen MR) is 104 cm³/mol. The van der Waals surface area contributed by atoms with E-state index in [1.807, 2.05) is 4.90 Å². The van der Waals surface area contributed by atoms with E-state index < -0.39 is 0 Å². The number of carbonyl (C=O) groups excluding carboxylic acids is 1. The molecular formula is C19H29N5O2S.